The van der Waals surface area contributed by atoms with Crippen LogP contribution in [-0.2, 0) is 11.8 Å². The Kier molecular flexibility index (Phi) is 3.97. The third-order valence-electron chi connectivity index (χ3n) is 3.72. The fourth-order valence-electron chi connectivity index (χ4n) is 1.95. The van der Waals surface area contributed by atoms with E-state index in [1.165, 1.54) is 4.57 Å². The average Bonchev–Trinajstić information content (AvgIpc) is 2.64. The first-order valence-electron chi connectivity index (χ1n) is 6.78. The molecule has 1 amide bonds. The molecule has 0 fully saturated rings. The van der Waals surface area contributed by atoms with Crippen molar-refractivity contribution in [2.75, 3.05) is 5.32 Å². The van der Waals surface area contributed by atoms with Crippen LogP contribution in [0.5, 0.6) is 0 Å². The van der Waals surface area contributed by atoms with Gasteiger partial charge in [-0.05, 0) is 24.0 Å². The van der Waals surface area contributed by atoms with Crippen LogP contribution in [0.4, 0.5) is 5.69 Å². The molecule has 0 bridgehead atoms. The highest BCUT2D eigenvalue weighted by Crippen LogP contribution is 2.19. The number of aromatic nitrogens is 1. The molecule has 108 valence electrons. The van der Waals surface area contributed by atoms with Crippen LogP contribution in [-0.4, -0.2) is 10.5 Å². The zero-order valence-corrected chi connectivity index (χ0v) is 12.3. The van der Waals surface area contributed by atoms with E-state index in [1.54, 1.807) is 25.2 Å². The molecule has 0 spiro atoms. The van der Waals surface area contributed by atoms with E-state index in [0.29, 0.717) is 35.0 Å². The number of oxazole rings is 1. The fourth-order valence-corrected chi connectivity index (χ4v) is 1.95. The van der Waals surface area contributed by atoms with Crippen molar-refractivity contribution in [2.24, 2.45) is 18.9 Å². The lowest BCUT2D eigenvalue weighted by atomic mass is 9.94. The Labute approximate surface area is 117 Å². The number of nitrogens with zero attached hydrogens (tertiary/aromatic N) is 1. The number of nitrogens with one attached hydrogen (secondary N) is 1. The van der Waals surface area contributed by atoms with Crippen molar-refractivity contribution < 1.29 is 9.21 Å². The maximum absolute atomic E-state index is 11.9. The van der Waals surface area contributed by atoms with E-state index in [4.69, 9.17) is 4.42 Å². The molecule has 0 radical (unpaired) electrons. The molecule has 1 N–H and O–H groups in total. The number of carbonyl (C=O) groups excluding carboxylic acids is 1. The summed E-state index contributed by atoms with van der Waals surface area (Å²) in [6.45, 7) is 6.26. The van der Waals surface area contributed by atoms with Crippen LogP contribution >= 0.6 is 0 Å². The molecule has 1 aromatic heterocycles. The number of amides is 1. The minimum Gasteiger partial charge on any atom is -0.408 e. The van der Waals surface area contributed by atoms with Crippen LogP contribution in [0.1, 0.15) is 27.2 Å². The van der Waals surface area contributed by atoms with E-state index in [2.05, 4.69) is 26.1 Å². The highest BCUT2D eigenvalue weighted by molar-refractivity contribution is 5.92. The summed E-state index contributed by atoms with van der Waals surface area (Å²) in [7, 11) is 1.65. The van der Waals surface area contributed by atoms with Crippen LogP contribution < -0.4 is 11.1 Å². The second kappa shape index (κ2) is 5.53. The molecule has 5 heteroatoms. The number of rotatable bonds is 4. The van der Waals surface area contributed by atoms with Crippen molar-refractivity contribution in [1.29, 1.82) is 0 Å². The normalized spacial score (nSPS) is 12.8. The van der Waals surface area contributed by atoms with Gasteiger partial charge in [0.1, 0.15) is 0 Å². The molecule has 0 aliphatic heterocycles. The molecule has 2 rings (SSSR count). The molecule has 20 heavy (non-hydrogen) atoms. The lowest BCUT2D eigenvalue weighted by Gasteiger charge is -2.14. The lowest BCUT2D eigenvalue weighted by Crippen LogP contribution is -2.17. The monoisotopic (exact) mass is 276 g/mol. The Morgan fingerprint density at radius 1 is 1.35 bits per heavy atom. The van der Waals surface area contributed by atoms with Crippen LogP contribution in [0.25, 0.3) is 11.1 Å². The SMILES string of the molecule is CC(C)C(C)CC(=O)Nc1ccc2c(c1)oc(=O)n2C. The zero-order valence-electron chi connectivity index (χ0n) is 12.3. The molecular weight excluding hydrogens is 256 g/mol. The maximum Gasteiger partial charge on any atom is 0.419 e. The maximum atomic E-state index is 11.9. The summed E-state index contributed by atoms with van der Waals surface area (Å²) in [5.41, 5.74) is 1.84. The van der Waals surface area contributed by atoms with E-state index in [0.717, 1.165) is 0 Å². The van der Waals surface area contributed by atoms with Gasteiger partial charge in [0.05, 0.1) is 5.52 Å². The van der Waals surface area contributed by atoms with Gasteiger partial charge in [-0.1, -0.05) is 20.8 Å². The van der Waals surface area contributed by atoms with E-state index < -0.39 is 5.76 Å². The largest absolute Gasteiger partial charge is 0.419 e. The summed E-state index contributed by atoms with van der Waals surface area (Å²) in [5.74, 6) is 0.365. The van der Waals surface area contributed by atoms with Crippen LogP contribution in [0.15, 0.2) is 27.4 Å². The van der Waals surface area contributed by atoms with Gasteiger partial charge in [-0.25, -0.2) is 4.79 Å². The summed E-state index contributed by atoms with van der Waals surface area (Å²) < 4.78 is 6.53. The highest BCUT2D eigenvalue weighted by atomic mass is 16.4. The van der Waals surface area contributed by atoms with Gasteiger partial charge in [-0.3, -0.25) is 9.36 Å². The van der Waals surface area contributed by atoms with E-state index >= 15 is 0 Å². The van der Waals surface area contributed by atoms with Gasteiger partial charge < -0.3 is 9.73 Å². The number of fused-ring (bicyclic) bond motifs is 1. The van der Waals surface area contributed by atoms with E-state index in [-0.39, 0.29) is 5.91 Å². The summed E-state index contributed by atoms with van der Waals surface area (Å²) >= 11 is 0. The van der Waals surface area contributed by atoms with Crippen molar-refractivity contribution in [2.45, 2.75) is 27.2 Å². The van der Waals surface area contributed by atoms with Gasteiger partial charge >= 0.3 is 5.76 Å². The minimum absolute atomic E-state index is 0.0242. The van der Waals surface area contributed by atoms with Crippen LogP contribution in [0.3, 0.4) is 0 Å². The van der Waals surface area contributed by atoms with Crippen molar-refractivity contribution in [1.82, 2.24) is 4.57 Å². The number of aryl methyl sites for hydroxylation is 1. The van der Waals surface area contributed by atoms with Crippen molar-refractivity contribution in [3.63, 3.8) is 0 Å². The second-order valence-electron chi connectivity index (χ2n) is 5.58. The fraction of sp³-hybridized carbons (Fsp3) is 0.467. The molecule has 1 heterocycles. The Balaban J connectivity index is 2.14. The Bertz CT molecular complexity index is 682. The Hall–Kier alpha value is -2.04. The predicted molar refractivity (Wildman–Crippen MR) is 78.7 cm³/mol. The number of benzene rings is 1. The molecule has 0 aliphatic carbocycles. The third-order valence-corrected chi connectivity index (χ3v) is 3.72. The summed E-state index contributed by atoms with van der Waals surface area (Å²) in [4.78, 5) is 23.3. The number of anilines is 1. The number of hydrogen-bond donors (Lipinski definition) is 1. The minimum atomic E-state index is -0.406. The summed E-state index contributed by atoms with van der Waals surface area (Å²) in [5, 5.41) is 2.84. The first-order valence-corrected chi connectivity index (χ1v) is 6.78. The molecule has 1 aromatic carbocycles. The number of carbonyl (C=O) groups is 1. The lowest BCUT2D eigenvalue weighted by molar-refractivity contribution is -0.117. The standard InChI is InChI=1S/C15H20N2O3/c1-9(2)10(3)7-14(18)16-11-5-6-12-13(8-11)20-15(19)17(12)4/h5-6,8-10H,7H2,1-4H3,(H,16,18). The van der Waals surface area contributed by atoms with Crippen LogP contribution in [0, 0.1) is 11.8 Å². The molecular formula is C15H20N2O3. The molecule has 5 nitrogen and oxygen atoms in total. The zero-order chi connectivity index (χ0) is 14.9. The van der Waals surface area contributed by atoms with Gasteiger partial charge in [0, 0.05) is 25.2 Å². The summed E-state index contributed by atoms with van der Waals surface area (Å²) in [6.07, 6.45) is 0.481. The van der Waals surface area contributed by atoms with Crippen molar-refractivity contribution in [3.8, 4) is 0 Å². The quantitative estimate of drug-likeness (QED) is 0.933. The van der Waals surface area contributed by atoms with Gasteiger partial charge in [-0.2, -0.15) is 0 Å². The summed E-state index contributed by atoms with van der Waals surface area (Å²) in [6, 6.07) is 5.21. The van der Waals surface area contributed by atoms with Gasteiger partial charge in [0.25, 0.3) is 0 Å². The molecule has 0 saturated carbocycles. The molecule has 0 saturated heterocycles. The molecule has 0 aliphatic rings. The average molecular weight is 276 g/mol. The van der Waals surface area contributed by atoms with Gasteiger partial charge in [0.2, 0.25) is 5.91 Å². The van der Waals surface area contributed by atoms with Crippen molar-refractivity contribution in [3.05, 3.63) is 28.7 Å². The van der Waals surface area contributed by atoms with E-state index in [9.17, 15) is 9.59 Å². The molecule has 1 unspecified atom stereocenters. The van der Waals surface area contributed by atoms with Crippen LogP contribution in [0.2, 0.25) is 0 Å². The Morgan fingerprint density at radius 2 is 2.05 bits per heavy atom. The number of hydrogen-bond acceptors (Lipinski definition) is 3. The van der Waals surface area contributed by atoms with E-state index in [1.807, 2.05) is 0 Å². The molecule has 2 aromatic rings. The van der Waals surface area contributed by atoms with Gasteiger partial charge in [-0.15, -0.1) is 0 Å². The first-order chi connectivity index (χ1) is 9.38. The topological polar surface area (TPSA) is 64.2 Å². The molecule has 1 atom stereocenters. The second-order valence-corrected chi connectivity index (χ2v) is 5.58. The van der Waals surface area contributed by atoms with Crippen molar-refractivity contribution >= 4 is 22.7 Å². The third kappa shape index (κ3) is 2.92. The highest BCUT2D eigenvalue weighted by Gasteiger charge is 2.13. The van der Waals surface area contributed by atoms with Gasteiger partial charge in [0.15, 0.2) is 5.58 Å². The smallest absolute Gasteiger partial charge is 0.408 e. The first kappa shape index (κ1) is 14.4. The Morgan fingerprint density at radius 3 is 2.70 bits per heavy atom. The predicted octanol–water partition coefficient (Wildman–Crippen LogP) is 2.75.